The van der Waals surface area contributed by atoms with Crippen LogP contribution in [0.1, 0.15) is 11.7 Å². The molecule has 0 saturated heterocycles. The van der Waals surface area contributed by atoms with E-state index >= 15 is 0 Å². The van der Waals surface area contributed by atoms with Crippen LogP contribution in [0.4, 0.5) is 5.95 Å². The van der Waals surface area contributed by atoms with Gasteiger partial charge in [0.2, 0.25) is 11.9 Å². The molecule has 18 heavy (non-hydrogen) atoms. The van der Waals surface area contributed by atoms with Crippen molar-refractivity contribution in [2.24, 2.45) is 0 Å². The van der Waals surface area contributed by atoms with Crippen LogP contribution in [-0.2, 0) is 4.79 Å². The summed E-state index contributed by atoms with van der Waals surface area (Å²) >= 11 is 0. The van der Waals surface area contributed by atoms with Gasteiger partial charge in [0.1, 0.15) is 6.54 Å². The predicted molar refractivity (Wildman–Crippen MR) is 64.7 cm³/mol. The van der Waals surface area contributed by atoms with Gasteiger partial charge in [0.05, 0.1) is 10.9 Å². The van der Waals surface area contributed by atoms with Crippen molar-refractivity contribution in [1.82, 2.24) is 9.55 Å². The van der Waals surface area contributed by atoms with E-state index in [1.165, 1.54) is 16.4 Å². The first-order valence-corrected chi connectivity index (χ1v) is 5.42. The zero-order valence-corrected chi connectivity index (χ0v) is 9.58. The molecule has 2 heterocycles. The Morgan fingerprint density at radius 3 is 2.72 bits per heavy atom. The van der Waals surface area contributed by atoms with Crippen LogP contribution in [0.15, 0.2) is 29.1 Å². The number of aromatic nitrogens is 2. The summed E-state index contributed by atoms with van der Waals surface area (Å²) < 4.78 is 1.32. The number of carbonyl (C=O) groups excluding carboxylic acids is 2. The van der Waals surface area contributed by atoms with Gasteiger partial charge >= 0.3 is 0 Å². The third-order valence-corrected chi connectivity index (χ3v) is 2.94. The third kappa shape index (κ3) is 1.29. The second-order valence-corrected chi connectivity index (χ2v) is 4.07. The van der Waals surface area contributed by atoms with Crippen LogP contribution in [0.5, 0.6) is 0 Å². The smallest absolute Gasteiger partial charge is 0.275 e. The maximum absolute atomic E-state index is 11.9. The number of benzene rings is 1. The van der Waals surface area contributed by atoms with Crippen LogP contribution in [-0.4, -0.2) is 27.9 Å². The summed E-state index contributed by atoms with van der Waals surface area (Å²) in [5.41, 5.74) is 0.0547. The second kappa shape index (κ2) is 3.49. The molecule has 0 aliphatic carbocycles. The highest BCUT2D eigenvalue weighted by molar-refractivity contribution is 6.06. The van der Waals surface area contributed by atoms with Crippen molar-refractivity contribution >= 4 is 28.7 Å². The number of anilines is 1. The molecular weight excluding hydrogens is 234 g/mol. The van der Waals surface area contributed by atoms with E-state index in [4.69, 9.17) is 0 Å². The van der Waals surface area contributed by atoms with E-state index in [0.717, 1.165) is 0 Å². The van der Waals surface area contributed by atoms with Crippen molar-refractivity contribution < 1.29 is 9.59 Å². The molecule has 0 fully saturated rings. The Balaban J connectivity index is 2.44. The Hall–Kier alpha value is -2.50. The van der Waals surface area contributed by atoms with E-state index in [2.05, 4.69) is 4.98 Å². The Kier molecular flexibility index (Phi) is 2.07. The molecular formula is C12H9N3O3. The lowest BCUT2D eigenvalue weighted by molar-refractivity contribution is -0.116. The minimum atomic E-state index is -0.433. The van der Waals surface area contributed by atoms with Crippen LogP contribution in [0.2, 0.25) is 0 Å². The standard InChI is InChI=1S/C12H9N3O3/c1-7(16)14-6-10(17)15-9-5-3-2-4-8(9)11(18)13-12(14)15/h2-5H,6H2,1H3. The molecule has 0 radical (unpaired) electrons. The number of carbonyl (C=O) groups is 2. The number of para-hydroxylation sites is 1. The number of hydrogen-bond acceptors (Lipinski definition) is 4. The second-order valence-electron chi connectivity index (χ2n) is 4.07. The van der Waals surface area contributed by atoms with E-state index in [9.17, 15) is 14.4 Å². The number of amides is 1. The highest BCUT2D eigenvalue weighted by atomic mass is 16.2. The lowest BCUT2D eigenvalue weighted by Crippen LogP contribution is -2.29. The molecule has 1 aliphatic rings. The minimum absolute atomic E-state index is 0.0736. The van der Waals surface area contributed by atoms with Crippen molar-refractivity contribution in [3.8, 4) is 0 Å². The first-order valence-electron chi connectivity index (χ1n) is 5.42. The van der Waals surface area contributed by atoms with Crippen molar-refractivity contribution in [2.45, 2.75) is 6.92 Å². The molecule has 6 heteroatoms. The molecule has 0 N–H and O–H groups in total. The summed E-state index contributed by atoms with van der Waals surface area (Å²) in [6, 6.07) is 6.73. The largest absolute Gasteiger partial charge is 0.282 e. The molecule has 90 valence electrons. The van der Waals surface area contributed by atoms with Crippen molar-refractivity contribution in [2.75, 3.05) is 11.4 Å². The summed E-state index contributed by atoms with van der Waals surface area (Å²) in [4.78, 5) is 40.2. The highest BCUT2D eigenvalue weighted by Crippen LogP contribution is 2.22. The number of rotatable bonds is 0. The fourth-order valence-electron chi connectivity index (χ4n) is 2.11. The van der Waals surface area contributed by atoms with Gasteiger partial charge in [0.25, 0.3) is 11.5 Å². The van der Waals surface area contributed by atoms with Crippen LogP contribution >= 0.6 is 0 Å². The Bertz CT molecular complexity index is 748. The lowest BCUT2D eigenvalue weighted by atomic mass is 10.2. The molecule has 0 spiro atoms. The van der Waals surface area contributed by atoms with Crippen LogP contribution in [0.3, 0.4) is 0 Å². The van der Waals surface area contributed by atoms with E-state index < -0.39 is 5.56 Å². The molecule has 2 aromatic rings. The molecule has 0 saturated carbocycles. The van der Waals surface area contributed by atoms with E-state index in [1.807, 2.05) is 0 Å². The van der Waals surface area contributed by atoms with Gasteiger partial charge in [-0.3, -0.25) is 19.3 Å². The summed E-state index contributed by atoms with van der Waals surface area (Å²) in [7, 11) is 0. The summed E-state index contributed by atoms with van der Waals surface area (Å²) in [6.45, 7) is 1.26. The monoisotopic (exact) mass is 243 g/mol. The van der Waals surface area contributed by atoms with E-state index in [0.29, 0.717) is 10.9 Å². The maximum Gasteiger partial charge on any atom is 0.282 e. The summed E-state index contributed by atoms with van der Waals surface area (Å²) in [5, 5.41) is 0.375. The fourth-order valence-corrected chi connectivity index (χ4v) is 2.11. The molecule has 6 nitrogen and oxygen atoms in total. The number of hydrogen-bond donors (Lipinski definition) is 0. The van der Waals surface area contributed by atoms with Gasteiger partial charge < -0.3 is 0 Å². The fraction of sp³-hybridized carbons (Fsp3) is 0.167. The highest BCUT2D eigenvalue weighted by Gasteiger charge is 2.31. The van der Waals surface area contributed by atoms with E-state index in [1.54, 1.807) is 24.3 Å². The van der Waals surface area contributed by atoms with Gasteiger partial charge in [-0.15, -0.1) is 0 Å². The average Bonchev–Trinajstić information content (AvgIpc) is 2.67. The van der Waals surface area contributed by atoms with Crippen molar-refractivity contribution in [3.05, 3.63) is 34.6 Å². The molecule has 1 aromatic carbocycles. The molecule has 0 unspecified atom stereocenters. The zero-order valence-electron chi connectivity index (χ0n) is 9.58. The average molecular weight is 243 g/mol. The summed E-state index contributed by atoms with van der Waals surface area (Å²) in [5.74, 6) is -0.461. The SMILES string of the molecule is CC(=O)N1CC(=O)n2c1nc(=O)c1ccccc12. The molecule has 1 aliphatic heterocycles. The van der Waals surface area contributed by atoms with Gasteiger partial charge in [0.15, 0.2) is 0 Å². The van der Waals surface area contributed by atoms with Gasteiger partial charge in [-0.2, -0.15) is 4.98 Å². The first-order chi connectivity index (χ1) is 8.59. The van der Waals surface area contributed by atoms with Crippen molar-refractivity contribution in [3.63, 3.8) is 0 Å². The van der Waals surface area contributed by atoms with Gasteiger partial charge in [0, 0.05) is 6.92 Å². The molecule has 1 amide bonds. The van der Waals surface area contributed by atoms with Gasteiger partial charge in [-0.25, -0.2) is 4.57 Å². The molecule has 1 aromatic heterocycles. The lowest BCUT2D eigenvalue weighted by Gasteiger charge is -2.11. The first kappa shape index (κ1) is 10.6. The Morgan fingerprint density at radius 1 is 1.28 bits per heavy atom. The predicted octanol–water partition coefficient (Wildman–Crippen LogP) is 0.403. The van der Waals surface area contributed by atoms with E-state index in [-0.39, 0.29) is 24.3 Å². The normalized spacial score (nSPS) is 14.1. The van der Waals surface area contributed by atoms with Crippen molar-refractivity contribution in [1.29, 1.82) is 0 Å². The van der Waals surface area contributed by atoms with Gasteiger partial charge in [-0.1, -0.05) is 12.1 Å². The van der Waals surface area contributed by atoms with Crippen LogP contribution < -0.4 is 10.5 Å². The molecule has 0 bridgehead atoms. The molecule has 0 atom stereocenters. The topological polar surface area (TPSA) is 72.3 Å². The summed E-state index contributed by atoms with van der Waals surface area (Å²) in [6.07, 6.45) is 0. The van der Waals surface area contributed by atoms with Gasteiger partial charge in [-0.05, 0) is 12.1 Å². The Morgan fingerprint density at radius 2 is 2.00 bits per heavy atom. The van der Waals surface area contributed by atoms with Crippen LogP contribution in [0.25, 0.3) is 10.9 Å². The zero-order chi connectivity index (χ0) is 12.9. The third-order valence-electron chi connectivity index (χ3n) is 2.94. The molecule has 3 rings (SSSR count). The number of nitrogens with zero attached hydrogens (tertiary/aromatic N) is 3. The number of fused-ring (bicyclic) bond motifs is 3. The van der Waals surface area contributed by atoms with Crippen LogP contribution in [0, 0.1) is 0 Å². The quantitative estimate of drug-likeness (QED) is 0.671. The maximum atomic E-state index is 11.9. The Labute approximate surface area is 101 Å². The minimum Gasteiger partial charge on any atom is -0.275 e.